The predicted octanol–water partition coefficient (Wildman–Crippen LogP) is 3.34. The number of nitrogens with one attached hydrogen (secondary N) is 1. The van der Waals surface area contributed by atoms with Crippen molar-refractivity contribution >= 4 is 17.2 Å². The first-order chi connectivity index (χ1) is 10.6. The van der Waals surface area contributed by atoms with Crippen LogP contribution in [0.25, 0.3) is 11.5 Å². The normalized spacial score (nSPS) is 10.6. The highest BCUT2D eigenvalue weighted by atomic mass is 32.1. The molecule has 0 atom stereocenters. The van der Waals surface area contributed by atoms with Crippen LogP contribution in [0.15, 0.2) is 40.2 Å². The molecule has 1 aromatic carbocycles. The maximum absolute atomic E-state index is 12.1. The van der Waals surface area contributed by atoms with Crippen molar-refractivity contribution in [1.29, 1.82) is 0 Å². The minimum Gasteiger partial charge on any atom is -0.347 e. The fourth-order valence-electron chi connectivity index (χ4n) is 2.03. The lowest BCUT2D eigenvalue weighted by molar-refractivity contribution is 0.0951. The molecule has 0 bridgehead atoms. The van der Waals surface area contributed by atoms with Crippen LogP contribution in [-0.2, 0) is 6.54 Å². The minimum absolute atomic E-state index is 0.0962. The number of nitrogens with zero attached hydrogens (tertiary/aromatic N) is 2. The summed E-state index contributed by atoms with van der Waals surface area (Å²) in [5.41, 5.74) is 2.60. The first-order valence-electron chi connectivity index (χ1n) is 6.85. The third-order valence-electron chi connectivity index (χ3n) is 3.30. The van der Waals surface area contributed by atoms with E-state index in [9.17, 15) is 4.79 Å². The first-order valence-corrected chi connectivity index (χ1v) is 7.73. The Morgan fingerprint density at radius 1 is 1.23 bits per heavy atom. The third-order valence-corrected chi connectivity index (χ3v) is 4.32. The summed E-state index contributed by atoms with van der Waals surface area (Å²) in [6, 6.07) is 9.17. The summed E-state index contributed by atoms with van der Waals surface area (Å²) >= 11 is 1.65. The standard InChI is InChI=1S/C16H15N3O2S/c1-10-7-8-22-14(10)9-17-15(20)12-3-5-13(6-4-12)16-18-11(2)19-21-16/h3-8H,9H2,1-2H3,(H,17,20). The molecule has 3 aromatic rings. The second-order valence-corrected chi connectivity index (χ2v) is 5.93. The second-order valence-electron chi connectivity index (χ2n) is 4.93. The molecule has 0 unspecified atom stereocenters. The highest BCUT2D eigenvalue weighted by molar-refractivity contribution is 7.10. The van der Waals surface area contributed by atoms with Gasteiger partial charge in [-0.05, 0) is 55.1 Å². The van der Waals surface area contributed by atoms with Gasteiger partial charge in [-0.3, -0.25) is 4.79 Å². The van der Waals surface area contributed by atoms with E-state index >= 15 is 0 Å². The highest BCUT2D eigenvalue weighted by Crippen LogP contribution is 2.18. The van der Waals surface area contributed by atoms with Gasteiger partial charge in [0.2, 0.25) is 0 Å². The van der Waals surface area contributed by atoms with Crippen molar-refractivity contribution in [2.75, 3.05) is 0 Å². The monoisotopic (exact) mass is 313 g/mol. The fourth-order valence-corrected chi connectivity index (χ4v) is 2.87. The number of hydrogen-bond acceptors (Lipinski definition) is 5. The number of carbonyl (C=O) groups is 1. The Morgan fingerprint density at radius 2 is 2.00 bits per heavy atom. The number of amides is 1. The second kappa shape index (κ2) is 6.11. The molecule has 3 rings (SSSR count). The summed E-state index contributed by atoms with van der Waals surface area (Å²) in [6.07, 6.45) is 0. The van der Waals surface area contributed by atoms with Gasteiger partial charge in [-0.2, -0.15) is 4.98 Å². The molecule has 5 nitrogen and oxygen atoms in total. The number of hydrogen-bond donors (Lipinski definition) is 1. The van der Waals surface area contributed by atoms with Gasteiger partial charge >= 0.3 is 0 Å². The van der Waals surface area contributed by atoms with Gasteiger partial charge in [0.15, 0.2) is 5.82 Å². The molecule has 0 spiro atoms. The van der Waals surface area contributed by atoms with E-state index in [1.807, 2.05) is 18.4 Å². The van der Waals surface area contributed by atoms with Gasteiger partial charge in [0, 0.05) is 16.0 Å². The van der Waals surface area contributed by atoms with Crippen molar-refractivity contribution < 1.29 is 9.32 Å². The van der Waals surface area contributed by atoms with Crippen molar-refractivity contribution in [2.24, 2.45) is 0 Å². The highest BCUT2D eigenvalue weighted by Gasteiger charge is 2.10. The smallest absolute Gasteiger partial charge is 0.257 e. The van der Waals surface area contributed by atoms with Crippen molar-refractivity contribution in [2.45, 2.75) is 20.4 Å². The molecule has 112 valence electrons. The Hall–Kier alpha value is -2.47. The number of rotatable bonds is 4. The third kappa shape index (κ3) is 3.07. The van der Waals surface area contributed by atoms with Gasteiger partial charge in [-0.1, -0.05) is 5.16 Å². The molecule has 0 saturated carbocycles. The Kier molecular flexibility index (Phi) is 4.02. The number of benzene rings is 1. The summed E-state index contributed by atoms with van der Waals surface area (Å²) < 4.78 is 5.10. The predicted molar refractivity (Wildman–Crippen MR) is 84.7 cm³/mol. The van der Waals surface area contributed by atoms with Crippen LogP contribution in [0.4, 0.5) is 0 Å². The largest absolute Gasteiger partial charge is 0.347 e. The van der Waals surface area contributed by atoms with Gasteiger partial charge in [-0.15, -0.1) is 11.3 Å². The molecule has 0 aliphatic heterocycles. The topological polar surface area (TPSA) is 68.0 Å². The van der Waals surface area contributed by atoms with Crippen LogP contribution in [0.1, 0.15) is 26.6 Å². The fraction of sp³-hybridized carbons (Fsp3) is 0.188. The van der Waals surface area contributed by atoms with Crippen LogP contribution in [0.3, 0.4) is 0 Å². The number of aryl methyl sites for hydroxylation is 2. The van der Waals surface area contributed by atoms with E-state index in [1.54, 1.807) is 42.5 Å². The molecule has 0 aliphatic carbocycles. The van der Waals surface area contributed by atoms with Crippen molar-refractivity contribution in [1.82, 2.24) is 15.5 Å². The summed E-state index contributed by atoms with van der Waals surface area (Å²) in [6.45, 7) is 4.35. The van der Waals surface area contributed by atoms with Crippen LogP contribution >= 0.6 is 11.3 Å². The van der Waals surface area contributed by atoms with Gasteiger partial charge in [-0.25, -0.2) is 0 Å². The average molecular weight is 313 g/mol. The lowest BCUT2D eigenvalue weighted by Gasteiger charge is -2.05. The van der Waals surface area contributed by atoms with Gasteiger partial charge in [0.05, 0.1) is 6.54 Å². The molecular weight excluding hydrogens is 298 g/mol. The molecular formula is C16H15N3O2S. The number of aromatic nitrogens is 2. The first kappa shape index (κ1) is 14.5. The molecule has 0 saturated heterocycles. The van der Waals surface area contributed by atoms with Crippen LogP contribution in [0.5, 0.6) is 0 Å². The Bertz CT molecular complexity index is 790. The van der Waals surface area contributed by atoms with Crippen molar-refractivity contribution in [3.8, 4) is 11.5 Å². The van der Waals surface area contributed by atoms with Gasteiger partial charge < -0.3 is 9.84 Å². The Balaban J connectivity index is 1.67. The molecule has 2 aromatic heterocycles. The van der Waals surface area contributed by atoms with Crippen LogP contribution in [0.2, 0.25) is 0 Å². The molecule has 2 heterocycles. The quantitative estimate of drug-likeness (QED) is 0.802. The summed E-state index contributed by atoms with van der Waals surface area (Å²) in [5.74, 6) is 0.947. The molecule has 0 radical (unpaired) electrons. The summed E-state index contributed by atoms with van der Waals surface area (Å²) in [4.78, 5) is 17.5. The van der Waals surface area contributed by atoms with Crippen LogP contribution in [-0.4, -0.2) is 16.0 Å². The average Bonchev–Trinajstić information content (AvgIpc) is 3.13. The van der Waals surface area contributed by atoms with Gasteiger partial charge in [0.25, 0.3) is 11.8 Å². The lowest BCUT2D eigenvalue weighted by atomic mass is 10.1. The molecule has 1 amide bonds. The summed E-state index contributed by atoms with van der Waals surface area (Å²) in [5, 5.41) is 8.70. The zero-order chi connectivity index (χ0) is 15.5. The number of thiophene rings is 1. The molecule has 0 aliphatic rings. The number of carbonyl (C=O) groups excluding carboxylic acids is 1. The van der Waals surface area contributed by atoms with E-state index in [2.05, 4.69) is 15.5 Å². The van der Waals surface area contributed by atoms with Crippen molar-refractivity contribution in [3.63, 3.8) is 0 Å². The maximum Gasteiger partial charge on any atom is 0.257 e. The Labute approximate surface area is 132 Å². The zero-order valence-electron chi connectivity index (χ0n) is 12.3. The van der Waals surface area contributed by atoms with E-state index in [0.29, 0.717) is 23.8 Å². The van der Waals surface area contributed by atoms with Crippen molar-refractivity contribution in [3.05, 3.63) is 57.5 Å². The van der Waals surface area contributed by atoms with E-state index in [0.717, 1.165) is 5.56 Å². The minimum atomic E-state index is -0.0962. The van der Waals surface area contributed by atoms with E-state index < -0.39 is 0 Å². The van der Waals surface area contributed by atoms with Crippen LogP contribution in [0, 0.1) is 13.8 Å². The SMILES string of the molecule is Cc1noc(-c2ccc(C(=O)NCc3sccc3C)cc2)n1. The van der Waals surface area contributed by atoms with E-state index in [-0.39, 0.29) is 5.91 Å². The summed E-state index contributed by atoms with van der Waals surface area (Å²) in [7, 11) is 0. The maximum atomic E-state index is 12.1. The molecule has 0 fully saturated rings. The van der Waals surface area contributed by atoms with Crippen LogP contribution < -0.4 is 5.32 Å². The van der Waals surface area contributed by atoms with E-state index in [1.165, 1.54) is 10.4 Å². The van der Waals surface area contributed by atoms with E-state index in [4.69, 9.17) is 4.52 Å². The zero-order valence-corrected chi connectivity index (χ0v) is 13.1. The Morgan fingerprint density at radius 3 is 2.59 bits per heavy atom. The molecule has 6 heteroatoms. The molecule has 1 N–H and O–H groups in total. The van der Waals surface area contributed by atoms with Gasteiger partial charge in [0.1, 0.15) is 0 Å². The lowest BCUT2D eigenvalue weighted by Crippen LogP contribution is -2.22. The molecule has 22 heavy (non-hydrogen) atoms.